The first-order valence-corrected chi connectivity index (χ1v) is 10.4. The highest BCUT2D eigenvalue weighted by Gasteiger charge is 2.23. The number of ether oxygens (including phenoxy) is 1. The van der Waals surface area contributed by atoms with Gasteiger partial charge >= 0.3 is 0 Å². The van der Waals surface area contributed by atoms with Crippen LogP contribution in [0.1, 0.15) is 29.9 Å². The lowest BCUT2D eigenvalue weighted by Crippen LogP contribution is -2.46. The Kier molecular flexibility index (Phi) is 8.01. The Balaban J connectivity index is 1.58. The highest BCUT2D eigenvalue weighted by atomic mass is 16.5. The van der Waals surface area contributed by atoms with Gasteiger partial charge in [-0.15, -0.1) is 10.2 Å². The lowest BCUT2D eigenvalue weighted by atomic mass is 10.0. The number of rotatable bonds is 8. The van der Waals surface area contributed by atoms with E-state index in [0.717, 1.165) is 64.1 Å². The van der Waals surface area contributed by atoms with Gasteiger partial charge in [-0.1, -0.05) is 36.8 Å². The molecule has 1 aromatic carbocycles. The number of hydrogen-bond donors (Lipinski definition) is 2. The van der Waals surface area contributed by atoms with Crippen LogP contribution in [0, 0.1) is 6.92 Å². The summed E-state index contributed by atoms with van der Waals surface area (Å²) in [5.74, 6) is 1.81. The molecule has 2 N–H and O–H groups in total. The molecular formula is C21H33N7O. The van der Waals surface area contributed by atoms with E-state index in [4.69, 9.17) is 4.74 Å². The molecule has 0 aliphatic carbocycles. The number of hydrogen-bond acceptors (Lipinski definition) is 5. The molecular weight excluding hydrogens is 366 g/mol. The van der Waals surface area contributed by atoms with Crippen molar-refractivity contribution in [3.8, 4) is 0 Å². The fraction of sp³-hybridized carbons (Fsp3) is 0.571. The zero-order chi connectivity index (χ0) is 20.5. The highest BCUT2D eigenvalue weighted by molar-refractivity contribution is 5.79. The van der Waals surface area contributed by atoms with Crippen LogP contribution in [0.25, 0.3) is 0 Å². The van der Waals surface area contributed by atoms with Crippen LogP contribution in [-0.2, 0) is 17.7 Å². The van der Waals surface area contributed by atoms with Crippen LogP contribution in [0.4, 0.5) is 0 Å². The van der Waals surface area contributed by atoms with E-state index in [9.17, 15) is 0 Å². The maximum absolute atomic E-state index is 5.55. The van der Waals surface area contributed by atoms with Crippen LogP contribution >= 0.6 is 0 Å². The van der Waals surface area contributed by atoms with Gasteiger partial charge in [0.2, 0.25) is 0 Å². The summed E-state index contributed by atoms with van der Waals surface area (Å²) in [5.41, 5.74) is 2.61. The number of benzene rings is 1. The first-order chi connectivity index (χ1) is 14.2. The highest BCUT2D eigenvalue weighted by Crippen LogP contribution is 2.22. The standard InChI is InChI=1S/C21H33N7O/c1-4-20-26-25-16-28(20)9-8-23-21(22-3)24-15-19(27-10-12-29-13-11-27)18-7-5-6-17(2)14-18/h5-7,14,16,19H,4,8-13,15H2,1-3H3,(H2,22,23,24). The molecule has 3 rings (SSSR count). The largest absolute Gasteiger partial charge is 0.379 e. The Morgan fingerprint density at radius 3 is 2.83 bits per heavy atom. The molecule has 8 nitrogen and oxygen atoms in total. The fourth-order valence-electron chi connectivity index (χ4n) is 3.67. The topological polar surface area (TPSA) is 79.6 Å². The van der Waals surface area contributed by atoms with Gasteiger partial charge in [0.25, 0.3) is 0 Å². The Bertz CT molecular complexity index is 783. The summed E-state index contributed by atoms with van der Waals surface area (Å²) in [5, 5.41) is 15.0. The van der Waals surface area contributed by atoms with E-state index in [1.807, 2.05) is 7.05 Å². The van der Waals surface area contributed by atoms with Crippen LogP contribution in [0.2, 0.25) is 0 Å². The van der Waals surface area contributed by atoms with Gasteiger partial charge in [-0.05, 0) is 12.5 Å². The van der Waals surface area contributed by atoms with Crippen molar-refractivity contribution in [2.45, 2.75) is 32.9 Å². The van der Waals surface area contributed by atoms with Crippen LogP contribution < -0.4 is 10.6 Å². The number of aromatic nitrogens is 3. The van der Waals surface area contributed by atoms with Crippen LogP contribution in [0.3, 0.4) is 0 Å². The molecule has 1 unspecified atom stereocenters. The summed E-state index contributed by atoms with van der Waals surface area (Å²) >= 11 is 0. The lowest BCUT2D eigenvalue weighted by molar-refractivity contribution is 0.0170. The van der Waals surface area contributed by atoms with Crippen LogP contribution in [0.5, 0.6) is 0 Å². The summed E-state index contributed by atoms with van der Waals surface area (Å²) < 4.78 is 7.63. The Labute approximate surface area is 173 Å². The van der Waals surface area contributed by atoms with E-state index in [0.29, 0.717) is 0 Å². The molecule has 0 bridgehead atoms. The predicted octanol–water partition coefficient (Wildman–Crippen LogP) is 1.39. The van der Waals surface area contributed by atoms with Gasteiger partial charge in [-0.2, -0.15) is 0 Å². The van der Waals surface area contributed by atoms with Crippen molar-refractivity contribution in [3.05, 3.63) is 47.5 Å². The fourth-order valence-corrected chi connectivity index (χ4v) is 3.67. The van der Waals surface area contributed by atoms with Crippen molar-refractivity contribution in [1.82, 2.24) is 30.3 Å². The monoisotopic (exact) mass is 399 g/mol. The van der Waals surface area contributed by atoms with Gasteiger partial charge in [0, 0.05) is 46.2 Å². The maximum atomic E-state index is 5.55. The summed E-state index contributed by atoms with van der Waals surface area (Å²) in [7, 11) is 1.81. The zero-order valence-corrected chi connectivity index (χ0v) is 17.8. The van der Waals surface area contributed by atoms with Gasteiger partial charge < -0.3 is 19.9 Å². The molecule has 1 atom stereocenters. The number of nitrogens with one attached hydrogen (secondary N) is 2. The van der Waals surface area contributed by atoms with E-state index in [1.165, 1.54) is 11.1 Å². The molecule has 29 heavy (non-hydrogen) atoms. The van der Waals surface area contributed by atoms with Crippen molar-refractivity contribution in [1.29, 1.82) is 0 Å². The van der Waals surface area contributed by atoms with E-state index in [-0.39, 0.29) is 6.04 Å². The first kappa shape index (κ1) is 21.3. The summed E-state index contributed by atoms with van der Waals surface area (Å²) in [6.07, 6.45) is 2.66. The Morgan fingerprint density at radius 1 is 1.28 bits per heavy atom. The van der Waals surface area contributed by atoms with E-state index in [1.54, 1.807) is 6.33 Å². The predicted molar refractivity (Wildman–Crippen MR) is 115 cm³/mol. The quantitative estimate of drug-likeness (QED) is 0.516. The molecule has 1 aromatic heterocycles. The molecule has 0 saturated carbocycles. The Morgan fingerprint density at radius 2 is 2.10 bits per heavy atom. The minimum absolute atomic E-state index is 0.280. The molecule has 0 amide bonds. The maximum Gasteiger partial charge on any atom is 0.191 e. The first-order valence-electron chi connectivity index (χ1n) is 10.4. The van der Waals surface area contributed by atoms with Gasteiger partial charge in [-0.25, -0.2) is 0 Å². The second-order valence-electron chi connectivity index (χ2n) is 7.25. The molecule has 1 fully saturated rings. The average molecular weight is 400 g/mol. The molecule has 1 saturated heterocycles. The zero-order valence-electron chi connectivity index (χ0n) is 17.8. The van der Waals surface area contributed by atoms with Gasteiger partial charge in [0.05, 0.1) is 19.3 Å². The summed E-state index contributed by atoms with van der Waals surface area (Å²) in [4.78, 5) is 6.88. The van der Waals surface area contributed by atoms with Crippen LogP contribution in [-0.4, -0.2) is 72.1 Å². The summed E-state index contributed by atoms with van der Waals surface area (Å²) in [6.45, 7) is 10.0. The van der Waals surface area contributed by atoms with Crippen LogP contribution in [0.15, 0.2) is 35.6 Å². The molecule has 0 radical (unpaired) electrons. The molecule has 1 aliphatic rings. The van der Waals surface area contributed by atoms with Crippen molar-refractivity contribution in [3.63, 3.8) is 0 Å². The number of morpholine rings is 1. The van der Waals surface area contributed by atoms with Crippen molar-refractivity contribution in [2.75, 3.05) is 46.4 Å². The molecule has 2 aromatic rings. The van der Waals surface area contributed by atoms with Gasteiger partial charge in [-0.3, -0.25) is 9.89 Å². The summed E-state index contributed by atoms with van der Waals surface area (Å²) in [6, 6.07) is 9.04. The molecule has 1 aliphatic heterocycles. The van der Waals surface area contributed by atoms with E-state index < -0.39 is 0 Å². The number of aryl methyl sites for hydroxylation is 2. The molecule has 2 heterocycles. The molecule has 0 spiro atoms. The van der Waals surface area contributed by atoms with E-state index >= 15 is 0 Å². The van der Waals surface area contributed by atoms with Gasteiger partial charge in [0.1, 0.15) is 12.2 Å². The second-order valence-corrected chi connectivity index (χ2v) is 7.25. The second kappa shape index (κ2) is 10.9. The minimum Gasteiger partial charge on any atom is -0.379 e. The lowest BCUT2D eigenvalue weighted by Gasteiger charge is -2.35. The number of aliphatic imine (C=N–C) groups is 1. The van der Waals surface area contributed by atoms with Gasteiger partial charge in [0.15, 0.2) is 5.96 Å². The van der Waals surface area contributed by atoms with Crippen molar-refractivity contribution in [2.24, 2.45) is 4.99 Å². The molecule has 158 valence electrons. The van der Waals surface area contributed by atoms with Crippen molar-refractivity contribution < 1.29 is 4.74 Å². The minimum atomic E-state index is 0.280. The number of nitrogens with zero attached hydrogens (tertiary/aromatic N) is 5. The third-order valence-corrected chi connectivity index (χ3v) is 5.26. The Hall–Kier alpha value is -2.45. The van der Waals surface area contributed by atoms with E-state index in [2.05, 4.69) is 73.4 Å². The average Bonchev–Trinajstić information content (AvgIpc) is 3.21. The third kappa shape index (κ3) is 6.01. The molecule has 8 heteroatoms. The number of guanidine groups is 1. The SMILES string of the molecule is CCc1nncn1CCNC(=NC)NCC(c1cccc(C)c1)N1CCOCC1. The smallest absolute Gasteiger partial charge is 0.191 e. The van der Waals surface area contributed by atoms with Crippen molar-refractivity contribution >= 4 is 5.96 Å². The third-order valence-electron chi connectivity index (χ3n) is 5.26. The normalized spacial score (nSPS) is 16.6.